The van der Waals surface area contributed by atoms with E-state index in [9.17, 15) is 9.59 Å². The molecule has 1 aliphatic rings. The highest BCUT2D eigenvalue weighted by Gasteiger charge is 2.30. The Balaban J connectivity index is 1.87. The summed E-state index contributed by atoms with van der Waals surface area (Å²) in [5.74, 6) is -0.365. The molecule has 0 aliphatic heterocycles. The first-order valence-electron chi connectivity index (χ1n) is 8.77. The van der Waals surface area contributed by atoms with Crippen LogP contribution in [0.4, 0.5) is 4.79 Å². The molecule has 132 valence electrons. The van der Waals surface area contributed by atoms with E-state index in [-0.39, 0.29) is 24.6 Å². The molecule has 0 bridgehead atoms. The van der Waals surface area contributed by atoms with Crippen molar-refractivity contribution in [3.05, 3.63) is 35.9 Å². The minimum Gasteiger partial charge on any atom is -0.461 e. The zero-order valence-corrected chi connectivity index (χ0v) is 14.5. The standard InChI is InChI=1S/C19H27NO4/c1-3-14(2)17(18(21)24-16-11-7-8-12-16)20-19(22)23-13-15-9-5-4-6-10-15/h4-6,9-10,14,16-17H,3,7-8,11-13H2,1-2H3,(H,20,22)/t14-,17-/m0/s1. The van der Waals surface area contributed by atoms with E-state index < -0.39 is 12.1 Å². The minimum atomic E-state index is -0.668. The molecule has 0 saturated heterocycles. The van der Waals surface area contributed by atoms with Crippen LogP contribution in [0.1, 0.15) is 51.5 Å². The average Bonchev–Trinajstić information content (AvgIpc) is 3.11. The predicted octanol–water partition coefficient (Wildman–Crippen LogP) is 3.81. The van der Waals surface area contributed by atoms with E-state index in [1.165, 1.54) is 0 Å². The summed E-state index contributed by atoms with van der Waals surface area (Å²) in [7, 11) is 0. The van der Waals surface area contributed by atoms with Crippen molar-refractivity contribution in [1.29, 1.82) is 0 Å². The Morgan fingerprint density at radius 3 is 2.50 bits per heavy atom. The van der Waals surface area contributed by atoms with Crippen LogP contribution in [0, 0.1) is 5.92 Å². The molecule has 1 aromatic carbocycles. The molecule has 0 aromatic heterocycles. The van der Waals surface area contributed by atoms with Gasteiger partial charge in [-0.05, 0) is 37.2 Å². The van der Waals surface area contributed by atoms with Crippen LogP contribution in [0.15, 0.2) is 30.3 Å². The largest absolute Gasteiger partial charge is 0.461 e. The van der Waals surface area contributed by atoms with Crippen molar-refractivity contribution >= 4 is 12.1 Å². The maximum absolute atomic E-state index is 12.4. The Bertz CT molecular complexity index is 525. The lowest BCUT2D eigenvalue weighted by Crippen LogP contribution is -2.46. The minimum absolute atomic E-state index is 0.00815. The fraction of sp³-hybridized carbons (Fsp3) is 0.579. The molecule has 1 aromatic rings. The van der Waals surface area contributed by atoms with Gasteiger partial charge in [-0.2, -0.15) is 0 Å². The van der Waals surface area contributed by atoms with Gasteiger partial charge in [0.05, 0.1) is 0 Å². The molecule has 5 nitrogen and oxygen atoms in total. The van der Waals surface area contributed by atoms with E-state index in [4.69, 9.17) is 9.47 Å². The van der Waals surface area contributed by atoms with E-state index in [1.807, 2.05) is 44.2 Å². The molecule has 1 N–H and O–H groups in total. The Labute approximate surface area is 143 Å². The van der Waals surface area contributed by atoms with Crippen molar-refractivity contribution in [3.63, 3.8) is 0 Å². The fourth-order valence-corrected chi connectivity index (χ4v) is 2.80. The summed E-state index contributed by atoms with van der Waals surface area (Å²) < 4.78 is 10.8. The topological polar surface area (TPSA) is 64.6 Å². The van der Waals surface area contributed by atoms with Crippen LogP contribution in [0.5, 0.6) is 0 Å². The van der Waals surface area contributed by atoms with Crippen LogP contribution in [0.3, 0.4) is 0 Å². The molecule has 1 saturated carbocycles. The molecule has 0 unspecified atom stereocenters. The van der Waals surface area contributed by atoms with E-state index in [0.717, 1.165) is 37.7 Å². The monoisotopic (exact) mass is 333 g/mol. The van der Waals surface area contributed by atoms with Crippen LogP contribution >= 0.6 is 0 Å². The van der Waals surface area contributed by atoms with Gasteiger partial charge >= 0.3 is 12.1 Å². The highest BCUT2D eigenvalue weighted by molar-refractivity contribution is 5.81. The highest BCUT2D eigenvalue weighted by Crippen LogP contribution is 2.22. The van der Waals surface area contributed by atoms with Crippen LogP contribution in [-0.4, -0.2) is 24.2 Å². The number of hydrogen-bond acceptors (Lipinski definition) is 4. The predicted molar refractivity (Wildman–Crippen MR) is 91.4 cm³/mol. The van der Waals surface area contributed by atoms with Gasteiger partial charge < -0.3 is 14.8 Å². The smallest absolute Gasteiger partial charge is 0.408 e. The summed E-state index contributed by atoms with van der Waals surface area (Å²) in [6.07, 6.45) is 4.19. The van der Waals surface area contributed by atoms with Gasteiger partial charge in [-0.25, -0.2) is 9.59 Å². The van der Waals surface area contributed by atoms with Gasteiger partial charge in [0.25, 0.3) is 0 Å². The van der Waals surface area contributed by atoms with E-state index >= 15 is 0 Å². The Hall–Kier alpha value is -2.04. The van der Waals surface area contributed by atoms with Crippen molar-refractivity contribution in [2.75, 3.05) is 0 Å². The Morgan fingerprint density at radius 1 is 1.21 bits per heavy atom. The number of esters is 1. The van der Waals surface area contributed by atoms with Gasteiger partial charge in [-0.15, -0.1) is 0 Å². The number of alkyl carbamates (subject to hydrolysis) is 1. The molecule has 1 amide bonds. The molecule has 2 atom stereocenters. The second-order valence-corrected chi connectivity index (χ2v) is 6.41. The van der Waals surface area contributed by atoms with Gasteiger partial charge in [0.1, 0.15) is 18.8 Å². The molecule has 0 heterocycles. The molecule has 2 rings (SSSR count). The van der Waals surface area contributed by atoms with Crippen molar-refractivity contribution in [2.45, 2.75) is 64.7 Å². The summed E-state index contributed by atoms with van der Waals surface area (Å²) in [5, 5.41) is 2.68. The molecular weight excluding hydrogens is 306 g/mol. The zero-order chi connectivity index (χ0) is 17.4. The molecule has 1 aliphatic carbocycles. The van der Waals surface area contributed by atoms with Crippen molar-refractivity contribution < 1.29 is 19.1 Å². The van der Waals surface area contributed by atoms with Crippen molar-refractivity contribution in [1.82, 2.24) is 5.32 Å². The lowest BCUT2D eigenvalue weighted by molar-refractivity contribution is -0.152. The lowest BCUT2D eigenvalue weighted by atomic mass is 9.99. The van der Waals surface area contributed by atoms with Crippen LogP contribution in [-0.2, 0) is 20.9 Å². The summed E-state index contributed by atoms with van der Waals surface area (Å²) >= 11 is 0. The van der Waals surface area contributed by atoms with Gasteiger partial charge in [-0.3, -0.25) is 0 Å². The summed E-state index contributed by atoms with van der Waals surface area (Å²) in [6.45, 7) is 4.09. The van der Waals surface area contributed by atoms with Crippen LogP contribution < -0.4 is 5.32 Å². The van der Waals surface area contributed by atoms with Crippen molar-refractivity contribution in [3.8, 4) is 0 Å². The number of carbonyl (C=O) groups excluding carboxylic acids is 2. The summed E-state index contributed by atoms with van der Waals surface area (Å²) in [5.41, 5.74) is 0.904. The van der Waals surface area contributed by atoms with Gasteiger partial charge in [0.2, 0.25) is 0 Å². The maximum Gasteiger partial charge on any atom is 0.408 e. The van der Waals surface area contributed by atoms with Gasteiger partial charge in [0, 0.05) is 0 Å². The second-order valence-electron chi connectivity index (χ2n) is 6.41. The number of rotatable bonds is 7. The SMILES string of the molecule is CC[C@H](C)[C@H](NC(=O)OCc1ccccc1)C(=O)OC1CCCC1. The third-order valence-electron chi connectivity index (χ3n) is 4.54. The lowest BCUT2D eigenvalue weighted by Gasteiger charge is -2.24. The zero-order valence-electron chi connectivity index (χ0n) is 14.5. The first-order valence-corrected chi connectivity index (χ1v) is 8.77. The number of amides is 1. The van der Waals surface area contributed by atoms with Crippen LogP contribution in [0.25, 0.3) is 0 Å². The Morgan fingerprint density at radius 2 is 1.88 bits per heavy atom. The number of ether oxygens (including phenoxy) is 2. The third-order valence-corrected chi connectivity index (χ3v) is 4.54. The normalized spacial score (nSPS) is 17.1. The van der Waals surface area contributed by atoms with Crippen molar-refractivity contribution in [2.24, 2.45) is 5.92 Å². The second kappa shape index (κ2) is 9.30. The quantitative estimate of drug-likeness (QED) is 0.771. The van der Waals surface area contributed by atoms with Crippen LogP contribution in [0.2, 0.25) is 0 Å². The maximum atomic E-state index is 12.4. The van der Waals surface area contributed by atoms with Gasteiger partial charge in [-0.1, -0.05) is 50.6 Å². The third kappa shape index (κ3) is 5.55. The average molecular weight is 333 g/mol. The molecule has 1 fully saturated rings. The van der Waals surface area contributed by atoms with E-state index in [1.54, 1.807) is 0 Å². The molecular formula is C19H27NO4. The highest BCUT2D eigenvalue weighted by atomic mass is 16.6. The first-order chi connectivity index (χ1) is 11.6. The number of hydrogen-bond donors (Lipinski definition) is 1. The molecule has 0 radical (unpaired) electrons. The summed E-state index contributed by atoms with van der Waals surface area (Å²) in [4.78, 5) is 24.5. The fourth-order valence-electron chi connectivity index (χ4n) is 2.80. The number of nitrogens with one attached hydrogen (secondary N) is 1. The van der Waals surface area contributed by atoms with E-state index in [0.29, 0.717) is 0 Å². The Kier molecular flexibility index (Phi) is 7.09. The molecule has 5 heteroatoms. The number of benzene rings is 1. The van der Waals surface area contributed by atoms with Gasteiger partial charge in [0.15, 0.2) is 0 Å². The summed E-state index contributed by atoms with van der Waals surface area (Å²) in [6, 6.07) is 8.77. The number of carbonyl (C=O) groups is 2. The van der Waals surface area contributed by atoms with E-state index in [2.05, 4.69) is 5.32 Å². The molecule has 0 spiro atoms. The molecule has 24 heavy (non-hydrogen) atoms. The first kappa shape index (κ1) is 18.3.